The summed E-state index contributed by atoms with van der Waals surface area (Å²) in [5.74, 6) is 0.565. The number of nitrogens with zero attached hydrogens (tertiary/aromatic N) is 1. The molecule has 6 heteroatoms. The number of nitrogens with one attached hydrogen (secondary N) is 1. The molecule has 1 N–H and O–H groups in total. The average Bonchev–Trinajstić information content (AvgIpc) is 3.12. The second-order valence-electron chi connectivity index (χ2n) is 6.43. The molecule has 126 valence electrons. The molecule has 4 rings (SSSR count). The summed E-state index contributed by atoms with van der Waals surface area (Å²) >= 11 is 0. The highest BCUT2D eigenvalue weighted by Crippen LogP contribution is 2.30. The van der Waals surface area contributed by atoms with Gasteiger partial charge in [0.2, 0.25) is 5.91 Å². The fraction of sp³-hybridized carbons (Fsp3) is 0.444. The van der Waals surface area contributed by atoms with Gasteiger partial charge < -0.3 is 19.4 Å². The number of furan rings is 1. The zero-order valence-corrected chi connectivity index (χ0v) is 13.6. The van der Waals surface area contributed by atoms with Crippen molar-refractivity contribution in [3.8, 4) is 5.75 Å². The molecule has 1 aliphatic heterocycles. The summed E-state index contributed by atoms with van der Waals surface area (Å²) in [5, 5.41) is 3.81. The first-order valence-corrected chi connectivity index (χ1v) is 8.35. The van der Waals surface area contributed by atoms with Gasteiger partial charge in [-0.15, -0.1) is 0 Å². The summed E-state index contributed by atoms with van der Waals surface area (Å²) in [5.41, 5.74) is 0.557. The number of hydrogen-bond acceptors (Lipinski definition) is 4. The zero-order chi connectivity index (χ0) is 16.7. The minimum atomic E-state index is -0.395. The Balaban J connectivity index is 1.59. The van der Waals surface area contributed by atoms with Crippen LogP contribution in [0.25, 0.3) is 11.0 Å². The van der Waals surface area contributed by atoms with E-state index in [9.17, 15) is 9.59 Å². The third-order valence-corrected chi connectivity index (χ3v) is 4.68. The lowest BCUT2D eigenvalue weighted by Crippen LogP contribution is -2.46. The number of rotatable bonds is 4. The van der Waals surface area contributed by atoms with E-state index in [1.807, 2.05) is 12.1 Å². The molecule has 1 aliphatic carbocycles. The maximum absolute atomic E-state index is 12.8. The maximum Gasteiger partial charge on any atom is 0.290 e. The number of ether oxygens (including phenoxy) is 1. The van der Waals surface area contributed by atoms with Crippen LogP contribution in [0, 0.1) is 0 Å². The summed E-state index contributed by atoms with van der Waals surface area (Å²) in [4.78, 5) is 26.8. The molecule has 1 saturated heterocycles. The fourth-order valence-corrected chi connectivity index (χ4v) is 3.25. The number of carbonyl (C=O) groups excluding carboxylic acids is 2. The average molecular weight is 328 g/mol. The molecule has 2 fully saturated rings. The molecular formula is C18H20N2O4. The van der Waals surface area contributed by atoms with Crippen LogP contribution in [0.2, 0.25) is 0 Å². The van der Waals surface area contributed by atoms with Gasteiger partial charge in [0.15, 0.2) is 17.1 Å². The zero-order valence-electron chi connectivity index (χ0n) is 13.6. The Bertz CT molecular complexity index is 793. The van der Waals surface area contributed by atoms with Crippen molar-refractivity contribution in [3.05, 3.63) is 30.0 Å². The van der Waals surface area contributed by atoms with Crippen LogP contribution in [0.4, 0.5) is 0 Å². The Morgan fingerprint density at radius 1 is 1.29 bits per heavy atom. The lowest BCUT2D eigenvalue weighted by molar-refractivity contribution is -0.125. The number of likely N-dealkylation sites (tertiary alicyclic amines) is 1. The molecule has 0 bridgehead atoms. The van der Waals surface area contributed by atoms with Crippen molar-refractivity contribution >= 4 is 22.8 Å². The van der Waals surface area contributed by atoms with Crippen molar-refractivity contribution < 1.29 is 18.7 Å². The van der Waals surface area contributed by atoms with Gasteiger partial charge in [-0.2, -0.15) is 0 Å². The summed E-state index contributed by atoms with van der Waals surface area (Å²) in [7, 11) is 1.57. The molecule has 1 atom stereocenters. The topological polar surface area (TPSA) is 71.8 Å². The van der Waals surface area contributed by atoms with E-state index in [1.165, 1.54) is 0 Å². The van der Waals surface area contributed by atoms with Gasteiger partial charge in [0, 0.05) is 18.0 Å². The van der Waals surface area contributed by atoms with Gasteiger partial charge in [-0.3, -0.25) is 9.59 Å². The predicted molar refractivity (Wildman–Crippen MR) is 88.0 cm³/mol. The van der Waals surface area contributed by atoms with E-state index in [-0.39, 0.29) is 17.6 Å². The van der Waals surface area contributed by atoms with Crippen molar-refractivity contribution in [1.82, 2.24) is 10.2 Å². The van der Waals surface area contributed by atoms with E-state index < -0.39 is 6.04 Å². The van der Waals surface area contributed by atoms with Crippen LogP contribution in [0.15, 0.2) is 28.7 Å². The smallest absolute Gasteiger partial charge is 0.290 e. The molecule has 1 unspecified atom stereocenters. The van der Waals surface area contributed by atoms with Gasteiger partial charge >= 0.3 is 0 Å². The van der Waals surface area contributed by atoms with Crippen LogP contribution in [-0.2, 0) is 4.79 Å². The first-order valence-electron chi connectivity index (χ1n) is 8.35. The Labute approximate surface area is 139 Å². The Hall–Kier alpha value is -2.50. The number of fused-ring (bicyclic) bond motifs is 1. The Morgan fingerprint density at radius 2 is 2.12 bits per heavy atom. The van der Waals surface area contributed by atoms with Crippen molar-refractivity contribution in [1.29, 1.82) is 0 Å². The number of amides is 2. The summed E-state index contributed by atoms with van der Waals surface area (Å²) < 4.78 is 11.0. The molecule has 0 radical (unpaired) electrons. The summed E-state index contributed by atoms with van der Waals surface area (Å²) in [6.45, 7) is 0.579. The molecule has 2 aliphatic rings. The SMILES string of the molecule is COc1cccc2cc(C(=O)N3CCCC3C(=O)NC3CC3)oc12. The molecule has 1 saturated carbocycles. The van der Waals surface area contributed by atoms with Crippen molar-refractivity contribution in [2.45, 2.75) is 37.8 Å². The fourth-order valence-electron chi connectivity index (χ4n) is 3.25. The molecule has 6 nitrogen and oxygen atoms in total. The second-order valence-corrected chi connectivity index (χ2v) is 6.43. The van der Waals surface area contributed by atoms with Crippen LogP contribution in [0.5, 0.6) is 5.75 Å². The van der Waals surface area contributed by atoms with Gasteiger partial charge in [-0.1, -0.05) is 12.1 Å². The molecular weight excluding hydrogens is 308 g/mol. The van der Waals surface area contributed by atoms with E-state index in [0.29, 0.717) is 30.3 Å². The van der Waals surface area contributed by atoms with Crippen molar-refractivity contribution in [2.75, 3.05) is 13.7 Å². The molecule has 2 aromatic rings. The standard InChI is InChI=1S/C18H20N2O4/c1-23-14-6-2-4-11-10-15(24-16(11)14)18(22)20-9-3-5-13(20)17(21)19-12-7-8-12/h2,4,6,10,12-13H,3,5,7-9H2,1H3,(H,19,21). The van der Waals surface area contributed by atoms with Gasteiger partial charge in [-0.25, -0.2) is 0 Å². The van der Waals surface area contributed by atoms with Crippen LogP contribution in [-0.4, -0.2) is 42.5 Å². The van der Waals surface area contributed by atoms with Gasteiger partial charge in [-0.05, 0) is 37.8 Å². The predicted octanol–water partition coefficient (Wildman–Crippen LogP) is 2.32. The molecule has 1 aromatic heterocycles. The van der Waals surface area contributed by atoms with E-state index in [1.54, 1.807) is 24.1 Å². The first kappa shape index (κ1) is 15.1. The summed E-state index contributed by atoms with van der Waals surface area (Å²) in [6, 6.07) is 7.14. The van der Waals surface area contributed by atoms with Crippen LogP contribution < -0.4 is 10.1 Å². The quantitative estimate of drug-likeness (QED) is 0.935. The van der Waals surface area contributed by atoms with Gasteiger partial charge in [0.25, 0.3) is 5.91 Å². The molecule has 0 spiro atoms. The first-order chi connectivity index (χ1) is 11.7. The number of benzene rings is 1. The Morgan fingerprint density at radius 3 is 2.88 bits per heavy atom. The van der Waals surface area contributed by atoms with E-state index in [2.05, 4.69) is 5.32 Å². The van der Waals surface area contributed by atoms with Crippen molar-refractivity contribution in [2.24, 2.45) is 0 Å². The maximum atomic E-state index is 12.8. The van der Waals surface area contributed by atoms with Gasteiger partial charge in [0.05, 0.1) is 7.11 Å². The molecule has 2 amide bonds. The highest BCUT2D eigenvalue weighted by atomic mass is 16.5. The van der Waals surface area contributed by atoms with E-state index >= 15 is 0 Å². The highest BCUT2D eigenvalue weighted by molar-refractivity contribution is 5.99. The molecule has 24 heavy (non-hydrogen) atoms. The highest BCUT2D eigenvalue weighted by Gasteiger charge is 2.37. The molecule has 2 heterocycles. The number of carbonyl (C=O) groups is 2. The second kappa shape index (κ2) is 5.85. The van der Waals surface area contributed by atoms with E-state index in [0.717, 1.165) is 24.6 Å². The third-order valence-electron chi connectivity index (χ3n) is 4.68. The molecule has 1 aromatic carbocycles. The van der Waals surface area contributed by atoms with Gasteiger partial charge in [0.1, 0.15) is 6.04 Å². The lowest BCUT2D eigenvalue weighted by atomic mass is 10.2. The largest absolute Gasteiger partial charge is 0.493 e. The minimum Gasteiger partial charge on any atom is -0.493 e. The van der Waals surface area contributed by atoms with Crippen LogP contribution >= 0.6 is 0 Å². The number of methoxy groups -OCH3 is 1. The Kier molecular flexibility index (Phi) is 3.67. The normalized spacial score (nSPS) is 20.4. The minimum absolute atomic E-state index is 0.0444. The van der Waals surface area contributed by atoms with Crippen molar-refractivity contribution in [3.63, 3.8) is 0 Å². The van der Waals surface area contributed by atoms with E-state index in [4.69, 9.17) is 9.15 Å². The monoisotopic (exact) mass is 328 g/mol. The van der Waals surface area contributed by atoms with Crippen LogP contribution in [0.1, 0.15) is 36.2 Å². The third kappa shape index (κ3) is 2.62. The summed E-state index contributed by atoms with van der Waals surface area (Å²) in [6.07, 6.45) is 3.61. The van der Waals surface area contributed by atoms with Crippen LogP contribution in [0.3, 0.4) is 0 Å². The number of para-hydroxylation sites is 1. The number of hydrogen-bond donors (Lipinski definition) is 1. The lowest BCUT2D eigenvalue weighted by Gasteiger charge is -2.22.